The van der Waals surface area contributed by atoms with Crippen LogP contribution in [0.3, 0.4) is 0 Å². The van der Waals surface area contributed by atoms with Crippen molar-refractivity contribution in [3.8, 4) is 11.5 Å². The van der Waals surface area contributed by atoms with Gasteiger partial charge >= 0.3 is 0 Å². The van der Waals surface area contributed by atoms with Gasteiger partial charge in [0.25, 0.3) is 0 Å². The second-order valence-corrected chi connectivity index (χ2v) is 9.12. The second-order valence-electron chi connectivity index (χ2n) is 7.18. The molecule has 33 heavy (non-hydrogen) atoms. The van der Waals surface area contributed by atoms with Gasteiger partial charge in [0.2, 0.25) is 15.9 Å². The molecule has 1 N–H and O–H groups in total. The maximum Gasteiger partial charge on any atom is 0.243 e. The zero-order valence-electron chi connectivity index (χ0n) is 18.7. The molecule has 0 atom stereocenters. The molecule has 0 aromatic heterocycles. The number of carbonyl (C=O) groups excluding carboxylic acids is 1. The maximum absolute atomic E-state index is 12.9. The van der Waals surface area contributed by atoms with E-state index in [0.29, 0.717) is 30.4 Å². The van der Waals surface area contributed by atoms with Crippen LogP contribution in [0.4, 0.5) is 5.69 Å². The predicted molar refractivity (Wildman–Crippen MR) is 128 cm³/mol. The Kier molecular flexibility index (Phi) is 8.46. The molecule has 0 saturated carbocycles. The van der Waals surface area contributed by atoms with Gasteiger partial charge in [-0.3, -0.25) is 4.79 Å². The summed E-state index contributed by atoms with van der Waals surface area (Å²) in [5.74, 6) is 0.836. The summed E-state index contributed by atoms with van der Waals surface area (Å²) in [5.41, 5.74) is 1.62. The molecule has 1 amide bonds. The van der Waals surface area contributed by atoms with Gasteiger partial charge in [-0.1, -0.05) is 37.3 Å². The summed E-state index contributed by atoms with van der Waals surface area (Å²) in [7, 11) is -3.81. The Labute approximate surface area is 195 Å². The molecule has 0 saturated heterocycles. The number of anilines is 1. The van der Waals surface area contributed by atoms with E-state index in [4.69, 9.17) is 9.47 Å². The number of amides is 1. The number of nitrogens with one attached hydrogen (secondary N) is 1. The summed E-state index contributed by atoms with van der Waals surface area (Å²) >= 11 is 0. The van der Waals surface area contributed by atoms with Crippen molar-refractivity contribution in [2.24, 2.45) is 0 Å². The van der Waals surface area contributed by atoms with Crippen LogP contribution in [-0.2, 0) is 21.4 Å². The molecule has 0 aliphatic carbocycles. The van der Waals surface area contributed by atoms with Crippen LogP contribution < -0.4 is 14.8 Å². The van der Waals surface area contributed by atoms with Crippen LogP contribution in [-0.4, -0.2) is 38.3 Å². The van der Waals surface area contributed by atoms with Crippen LogP contribution in [0.1, 0.15) is 19.4 Å². The third-order valence-corrected chi connectivity index (χ3v) is 6.77. The Morgan fingerprint density at radius 3 is 2.06 bits per heavy atom. The van der Waals surface area contributed by atoms with Gasteiger partial charge in [0, 0.05) is 12.2 Å². The van der Waals surface area contributed by atoms with Crippen LogP contribution >= 0.6 is 0 Å². The first-order chi connectivity index (χ1) is 15.9. The molecule has 0 aliphatic rings. The number of carbonyl (C=O) groups is 1. The fourth-order valence-corrected chi connectivity index (χ4v) is 4.53. The molecule has 0 aliphatic heterocycles. The van der Waals surface area contributed by atoms with Crippen LogP contribution in [0.2, 0.25) is 0 Å². The molecule has 7 nitrogen and oxygen atoms in total. The Morgan fingerprint density at radius 1 is 0.848 bits per heavy atom. The highest BCUT2D eigenvalue weighted by Crippen LogP contribution is 2.20. The minimum absolute atomic E-state index is 0.112. The summed E-state index contributed by atoms with van der Waals surface area (Å²) < 4.78 is 38.1. The van der Waals surface area contributed by atoms with Gasteiger partial charge in [0.15, 0.2) is 0 Å². The lowest BCUT2D eigenvalue weighted by molar-refractivity contribution is -0.116. The van der Waals surface area contributed by atoms with Crippen LogP contribution in [0.25, 0.3) is 0 Å². The third-order valence-electron chi connectivity index (χ3n) is 4.83. The maximum atomic E-state index is 12.9. The average Bonchev–Trinajstić information content (AvgIpc) is 2.83. The number of ether oxygens (including phenoxy) is 2. The van der Waals surface area contributed by atoms with Gasteiger partial charge in [-0.25, -0.2) is 8.42 Å². The van der Waals surface area contributed by atoms with Crippen LogP contribution in [0, 0.1) is 0 Å². The van der Waals surface area contributed by atoms with Crippen molar-refractivity contribution in [1.29, 1.82) is 0 Å². The van der Waals surface area contributed by atoms with E-state index >= 15 is 0 Å². The zero-order valence-corrected chi connectivity index (χ0v) is 19.5. The Hall–Kier alpha value is -3.36. The first-order valence-electron chi connectivity index (χ1n) is 10.7. The van der Waals surface area contributed by atoms with Crippen molar-refractivity contribution in [2.75, 3.05) is 25.0 Å². The SMILES string of the molecule is CCOc1ccc(S(=O)(=O)N(CC)CC(=O)Nc2ccc(OCc3ccccc3)cc2)cc1. The number of rotatable bonds is 11. The molecular formula is C25H28N2O5S. The topological polar surface area (TPSA) is 84.9 Å². The molecule has 0 fully saturated rings. The average molecular weight is 469 g/mol. The van der Waals surface area contributed by atoms with E-state index in [0.717, 1.165) is 9.87 Å². The van der Waals surface area contributed by atoms with Gasteiger partial charge in [0.1, 0.15) is 18.1 Å². The van der Waals surface area contributed by atoms with Crippen molar-refractivity contribution < 1.29 is 22.7 Å². The van der Waals surface area contributed by atoms with Crippen molar-refractivity contribution in [1.82, 2.24) is 4.31 Å². The minimum atomic E-state index is -3.81. The molecule has 3 aromatic carbocycles. The highest BCUT2D eigenvalue weighted by Gasteiger charge is 2.25. The van der Waals surface area contributed by atoms with E-state index in [1.54, 1.807) is 43.3 Å². The Balaban J connectivity index is 1.57. The van der Waals surface area contributed by atoms with Crippen LogP contribution in [0.15, 0.2) is 83.8 Å². The monoisotopic (exact) mass is 468 g/mol. The fourth-order valence-electron chi connectivity index (χ4n) is 3.13. The van der Waals surface area contributed by atoms with Crippen LogP contribution in [0.5, 0.6) is 11.5 Å². The summed E-state index contributed by atoms with van der Waals surface area (Å²) in [5, 5.41) is 2.74. The lowest BCUT2D eigenvalue weighted by Gasteiger charge is -2.20. The molecule has 8 heteroatoms. The number of hydrogen-bond acceptors (Lipinski definition) is 5. The first-order valence-corrected chi connectivity index (χ1v) is 12.2. The van der Waals surface area contributed by atoms with E-state index in [-0.39, 0.29) is 18.0 Å². The smallest absolute Gasteiger partial charge is 0.243 e. The summed E-state index contributed by atoms with van der Waals surface area (Å²) in [6, 6.07) is 22.9. The normalized spacial score (nSPS) is 11.2. The molecule has 0 unspecified atom stereocenters. The molecule has 3 aromatic rings. The second kappa shape index (κ2) is 11.5. The first kappa shape index (κ1) is 24.3. The zero-order chi connectivity index (χ0) is 23.7. The van der Waals surface area contributed by atoms with Crippen molar-refractivity contribution in [3.63, 3.8) is 0 Å². The molecule has 0 spiro atoms. The fraction of sp³-hybridized carbons (Fsp3) is 0.240. The number of sulfonamides is 1. The van der Waals surface area contributed by atoms with E-state index in [9.17, 15) is 13.2 Å². The molecule has 0 radical (unpaired) electrons. The molecule has 0 bridgehead atoms. The Bertz CT molecular complexity index is 1130. The van der Waals surface area contributed by atoms with E-state index in [1.165, 1.54) is 12.1 Å². The standard InChI is InChI=1S/C25H28N2O5S/c1-3-27(33(29,30)24-16-14-22(15-17-24)31-4-2)18-25(28)26-21-10-12-23(13-11-21)32-19-20-8-6-5-7-9-20/h5-17H,3-4,18-19H2,1-2H3,(H,26,28). The summed E-state index contributed by atoms with van der Waals surface area (Å²) in [4.78, 5) is 12.6. The summed E-state index contributed by atoms with van der Waals surface area (Å²) in [6.45, 7) is 4.36. The Morgan fingerprint density at radius 2 is 1.45 bits per heavy atom. The predicted octanol–water partition coefficient (Wildman–Crippen LogP) is 4.31. The highest BCUT2D eigenvalue weighted by molar-refractivity contribution is 7.89. The van der Waals surface area contributed by atoms with Crippen molar-refractivity contribution >= 4 is 21.6 Å². The minimum Gasteiger partial charge on any atom is -0.494 e. The van der Waals surface area contributed by atoms with Crippen molar-refractivity contribution in [2.45, 2.75) is 25.3 Å². The lowest BCUT2D eigenvalue weighted by atomic mass is 10.2. The van der Waals surface area contributed by atoms with E-state index in [1.807, 2.05) is 37.3 Å². The molecule has 3 rings (SSSR count). The van der Waals surface area contributed by atoms with E-state index < -0.39 is 15.9 Å². The van der Waals surface area contributed by atoms with E-state index in [2.05, 4.69) is 5.32 Å². The summed E-state index contributed by atoms with van der Waals surface area (Å²) in [6.07, 6.45) is 0. The molecular weight excluding hydrogens is 440 g/mol. The molecule has 174 valence electrons. The van der Waals surface area contributed by atoms with Gasteiger partial charge in [0.05, 0.1) is 18.0 Å². The van der Waals surface area contributed by atoms with Gasteiger partial charge in [-0.15, -0.1) is 0 Å². The number of hydrogen-bond donors (Lipinski definition) is 1. The van der Waals surface area contributed by atoms with Gasteiger partial charge < -0.3 is 14.8 Å². The molecule has 0 heterocycles. The largest absolute Gasteiger partial charge is 0.494 e. The number of nitrogens with zero attached hydrogens (tertiary/aromatic N) is 1. The third kappa shape index (κ3) is 6.81. The number of benzene rings is 3. The number of likely N-dealkylation sites (N-methyl/N-ethyl adjacent to an activating group) is 1. The quantitative estimate of drug-likeness (QED) is 0.453. The highest BCUT2D eigenvalue weighted by atomic mass is 32.2. The van der Waals surface area contributed by atoms with Crippen molar-refractivity contribution in [3.05, 3.63) is 84.4 Å². The lowest BCUT2D eigenvalue weighted by Crippen LogP contribution is -2.37. The van der Waals surface area contributed by atoms with Gasteiger partial charge in [-0.2, -0.15) is 4.31 Å². The van der Waals surface area contributed by atoms with Gasteiger partial charge in [-0.05, 0) is 61.0 Å².